The number of hydrogen-bond donors (Lipinski definition) is 1. The molecule has 1 aliphatic rings. The summed E-state index contributed by atoms with van der Waals surface area (Å²) in [6.07, 6.45) is 3.25. The van der Waals surface area contributed by atoms with E-state index in [0.717, 1.165) is 24.0 Å². The van der Waals surface area contributed by atoms with Gasteiger partial charge in [0.15, 0.2) is 6.61 Å². The lowest BCUT2D eigenvalue weighted by Crippen LogP contribution is -2.30. The average Bonchev–Trinajstić information content (AvgIpc) is 3.43. The Morgan fingerprint density at radius 2 is 1.74 bits per heavy atom. The van der Waals surface area contributed by atoms with Crippen LogP contribution in [-0.2, 0) is 21.4 Å². The lowest BCUT2D eigenvalue weighted by atomic mass is 10.1. The van der Waals surface area contributed by atoms with E-state index in [0.29, 0.717) is 17.5 Å². The molecule has 0 unspecified atom stereocenters. The van der Waals surface area contributed by atoms with Crippen molar-refractivity contribution in [2.24, 2.45) is 0 Å². The number of nitrogens with one attached hydrogen (secondary N) is 1. The van der Waals surface area contributed by atoms with Gasteiger partial charge in [0, 0.05) is 6.04 Å². The summed E-state index contributed by atoms with van der Waals surface area (Å²) in [7, 11) is -3.44. The topological polar surface area (TPSA) is 75.7 Å². The van der Waals surface area contributed by atoms with E-state index in [-0.39, 0.29) is 19.1 Å². The highest BCUT2D eigenvalue weighted by molar-refractivity contribution is 7.92. The van der Waals surface area contributed by atoms with Crippen LogP contribution < -0.4 is 14.4 Å². The summed E-state index contributed by atoms with van der Waals surface area (Å²) in [5.41, 5.74) is 2.58. The molecule has 6 nitrogen and oxygen atoms in total. The van der Waals surface area contributed by atoms with Crippen LogP contribution in [0.3, 0.4) is 0 Å². The summed E-state index contributed by atoms with van der Waals surface area (Å²) < 4.78 is 31.3. The summed E-state index contributed by atoms with van der Waals surface area (Å²) in [6.45, 7) is 2.19. The van der Waals surface area contributed by atoms with Gasteiger partial charge in [-0.05, 0) is 49.6 Å². The van der Waals surface area contributed by atoms with Gasteiger partial charge in [0.05, 0.1) is 18.5 Å². The van der Waals surface area contributed by atoms with Crippen molar-refractivity contribution in [2.45, 2.75) is 32.4 Å². The molecule has 0 atom stereocenters. The zero-order valence-electron chi connectivity index (χ0n) is 15.5. The Labute approximate surface area is 160 Å². The molecule has 7 heteroatoms. The van der Waals surface area contributed by atoms with Crippen LogP contribution in [0.15, 0.2) is 48.5 Å². The Kier molecular flexibility index (Phi) is 5.70. The highest BCUT2D eigenvalue weighted by Crippen LogP contribution is 2.24. The first kappa shape index (κ1) is 19.2. The highest BCUT2D eigenvalue weighted by atomic mass is 32.2. The molecule has 0 spiro atoms. The minimum absolute atomic E-state index is 0.0466. The first-order valence-electron chi connectivity index (χ1n) is 8.87. The largest absolute Gasteiger partial charge is 0.484 e. The fourth-order valence-electron chi connectivity index (χ4n) is 2.61. The molecule has 3 rings (SSSR count). The van der Waals surface area contributed by atoms with Crippen molar-refractivity contribution in [3.05, 3.63) is 59.7 Å². The fourth-order valence-corrected chi connectivity index (χ4v) is 3.50. The number of amides is 1. The lowest BCUT2D eigenvalue weighted by molar-refractivity contribution is -0.123. The predicted octanol–water partition coefficient (Wildman–Crippen LogP) is 2.62. The molecule has 0 bridgehead atoms. The number of hydrogen-bond acceptors (Lipinski definition) is 4. The molecule has 0 aromatic heterocycles. The van der Waals surface area contributed by atoms with Crippen molar-refractivity contribution in [3.8, 4) is 5.75 Å². The van der Waals surface area contributed by atoms with E-state index in [4.69, 9.17) is 4.74 Å². The summed E-state index contributed by atoms with van der Waals surface area (Å²) in [5.74, 6) is 0.382. The Morgan fingerprint density at radius 3 is 2.30 bits per heavy atom. The molecule has 0 radical (unpaired) electrons. The summed E-state index contributed by atoms with van der Waals surface area (Å²) in [5, 5.41) is 2.85. The zero-order valence-corrected chi connectivity index (χ0v) is 16.3. The number of carbonyl (C=O) groups excluding carboxylic acids is 1. The second-order valence-corrected chi connectivity index (χ2v) is 8.79. The molecule has 0 saturated heterocycles. The van der Waals surface area contributed by atoms with Crippen LogP contribution >= 0.6 is 0 Å². The average molecular weight is 388 g/mol. The Morgan fingerprint density at radius 1 is 1.11 bits per heavy atom. The van der Waals surface area contributed by atoms with E-state index < -0.39 is 10.0 Å². The normalized spacial score (nSPS) is 13.9. The standard InChI is InChI=1S/C20H24N2O4S/c1-15-3-5-16(6-4-15)13-22(27(2,24)25)18-9-11-19(12-10-18)26-14-20(23)21-17-7-8-17/h3-6,9-12,17H,7-8,13-14H2,1-2H3,(H,21,23). The first-order chi connectivity index (χ1) is 12.8. The van der Waals surface area contributed by atoms with E-state index in [9.17, 15) is 13.2 Å². The second kappa shape index (κ2) is 8.00. The van der Waals surface area contributed by atoms with Gasteiger partial charge in [-0.15, -0.1) is 0 Å². The number of nitrogens with zero attached hydrogens (tertiary/aromatic N) is 1. The molecule has 1 saturated carbocycles. The molecule has 27 heavy (non-hydrogen) atoms. The molecule has 2 aromatic carbocycles. The van der Waals surface area contributed by atoms with E-state index in [2.05, 4.69) is 5.32 Å². The smallest absolute Gasteiger partial charge is 0.258 e. The lowest BCUT2D eigenvalue weighted by Gasteiger charge is -2.23. The van der Waals surface area contributed by atoms with Crippen LogP contribution in [0.5, 0.6) is 5.75 Å². The van der Waals surface area contributed by atoms with E-state index >= 15 is 0 Å². The SMILES string of the molecule is Cc1ccc(CN(c2ccc(OCC(=O)NC3CC3)cc2)S(C)(=O)=O)cc1. The van der Waals surface area contributed by atoms with Gasteiger partial charge in [-0.3, -0.25) is 9.10 Å². The number of carbonyl (C=O) groups is 1. The number of ether oxygens (including phenoxy) is 1. The molecule has 1 aliphatic carbocycles. The van der Waals surface area contributed by atoms with Gasteiger partial charge in [0.25, 0.3) is 5.91 Å². The number of aryl methyl sites for hydroxylation is 1. The molecule has 2 aromatic rings. The van der Waals surface area contributed by atoms with Crippen molar-refractivity contribution in [1.82, 2.24) is 5.32 Å². The number of rotatable bonds is 8. The molecule has 1 amide bonds. The van der Waals surface area contributed by atoms with Gasteiger partial charge in [-0.2, -0.15) is 0 Å². The van der Waals surface area contributed by atoms with Crippen molar-refractivity contribution in [1.29, 1.82) is 0 Å². The number of benzene rings is 2. The van der Waals surface area contributed by atoms with Crippen LogP contribution in [0.25, 0.3) is 0 Å². The Hall–Kier alpha value is -2.54. The minimum Gasteiger partial charge on any atom is -0.484 e. The first-order valence-corrected chi connectivity index (χ1v) is 10.7. The summed E-state index contributed by atoms with van der Waals surface area (Å²) in [4.78, 5) is 11.7. The molecular formula is C20H24N2O4S. The quantitative estimate of drug-likeness (QED) is 0.754. The van der Waals surface area contributed by atoms with Crippen LogP contribution in [0, 0.1) is 6.92 Å². The zero-order chi connectivity index (χ0) is 19.4. The maximum atomic E-state index is 12.3. The molecular weight excluding hydrogens is 364 g/mol. The van der Waals surface area contributed by atoms with Crippen molar-refractivity contribution in [2.75, 3.05) is 17.2 Å². The monoisotopic (exact) mass is 388 g/mol. The maximum absolute atomic E-state index is 12.3. The van der Waals surface area contributed by atoms with Gasteiger partial charge in [0.2, 0.25) is 10.0 Å². The van der Waals surface area contributed by atoms with Gasteiger partial charge >= 0.3 is 0 Å². The summed E-state index contributed by atoms with van der Waals surface area (Å²) in [6, 6.07) is 14.8. The van der Waals surface area contributed by atoms with E-state index in [1.807, 2.05) is 31.2 Å². The van der Waals surface area contributed by atoms with Crippen molar-refractivity contribution in [3.63, 3.8) is 0 Å². The maximum Gasteiger partial charge on any atom is 0.258 e. The van der Waals surface area contributed by atoms with Gasteiger partial charge < -0.3 is 10.1 Å². The Bertz CT molecular complexity index is 889. The van der Waals surface area contributed by atoms with Gasteiger partial charge in [-0.25, -0.2) is 8.42 Å². The third-order valence-corrected chi connectivity index (χ3v) is 5.42. The predicted molar refractivity (Wildman–Crippen MR) is 105 cm³/mol. The molecule has 0 heterocycles. The van der Waals surface area contributed by atoms with Crippen LogP contribution in [0.4, 0.5) is 5.69 Å². The van der Waals surface area contributed by atoms with Crippen molar-refractivity contribution >= 4 is 21.6 Å². The van der Waals surface area contributed by atoms with Crippen LogP contribution in [-0.4, -0.2) is 33.2 Å². The molecule has 1 N–H and O–H groups in total. The molecule has 1 fully saturated rings. The fraction of sp³-hybridized carbons (Fsp3) is 0.350. The molecule has 0 aliphatic heterocycles. The Balaban J connectivity index is 1.67. The van der Waals surface area contributed by atoms with E-state index in [1.54, 1.807) is 24.3 Å². The third-order valence-electron chi connectivity index (χ3n) is 4.28. The number of anilines is 1. The third kappa shape index (κ3) is 5.72. The number of sulfonamides is 1. The molecule has 144 valence electrons. The minimum atomic E-state index is -3.44. The van der Waals surface area contributed by atoms with Crippen LogP contribution in [0.1, 0.15) is 24.0 Å². The van der Waals surface area contributed by atoms with Gasteiger partial charge in [-0.1, -0.05) is 29.8 Å². The highest BCUT2D eigenvalue weighted by Gasteiger charge is 2.23. The van der Waals surface area contributed by atoms with Crippen LogP contribution in [0.2, 0.25) is 0 Å². The summed E-state index contributed by atoms with van der Waals surface area (Å²) >= 11 is 0. The van der Waals surface area contributed by atoms with Crippen molar-refractivity contribution < 1.29 is 17.9 Å². The van der Waals surface area contributed by atoms with Gasteiger partial charge in [0.1, 0.15) is 5.75 Å². The second-order valence-electron chi connectivity index (χ2n) is 6.88. The van der Waals surface area contributed by atoms with E-state index in [1.165, 1.54) is 10.6 Å².